The van der Waals surface area contributed by atoms with E-state index in [9.17, 15) is 9.59 Å². The Hall–Kier alpha value is -3.59. The molecule has 1 saturated heterocycles. The largest absolute Gasteiger partial charge is 0.469 e. The van der Waals surface area contributed by atoms with Gasteiger partial charge in [0.15, 0.2) is 0 Å². The van der Waals surface area contributed by atoms with Crippen LogP contribution in [0, 0.1) is 11.8 Å². The average Bonchev–Trinajstić information content (AvgIpc) is 2.94. The number of amides is 1. The lowest BCUT2D eigenvalue weighted by molar-refractivity contribution is -0.146. The predicted octanol–water partition coefficient (Wildman–Crippen LogP) is 3.31. The molecule has 37 heavy (non-hydrogen) atoms. The molecular formula is C28H39N5O4. The van der Waals surface area contributed by atoms with E-state index in [0.717, 1.165) is 55.5 Å². The highest BCUT2D eigenvalue weighted by Gasteiger charge is 2.28. The smallest absolute Gasteiger partial charge is 0.310 e. The lowest BCUT2D eigenvalue weighted by Crippen LogP contribution is -2.44. The van der Waals surface area contributed by atoms with Crippen LogP contribution in [0.25, 0.3) is 11.1 Å². The van der Waals surface area contributed by atoms with Gasteiger partial charge in [-0.1, -0.05) is 41.9 Å². The average molecular weight is 510 g/mol. The molecule has 9 heteroatoms. The Bertz CT molecular complexity index is 1070. The van der Waals surface area contributed by atoms with Crippen molar-refractivity contribution in [2.24, 2.45) is 28.5 Å². The predicted molar refractivity (Wildman–Crippen MR) is 144 cm³/mol. The molecule has 1 aliphatic rings. The lowest BCUT2D eigenvalue weighted by Gasteiger charge is -2.33. The third kappa shape index (κ3) is 7.69. The molecule has 1 aliphatic heterocycles. The molecule has 0 aliphatic carbocycles. The monoisotopic (exact) mass is 509 g/mol. The molecule has 9 nitrogen and oxygen atoms in total. The number of nitrogens with two attached hydrogens (primary N) is 2. The van der Waals surface area contributed by atoms with Crippen LogP contribution in [-0.4, -0.2) is 54.2 Å². The van der Waals surface area contributed by atoms with Crippen LogP contribution in [-0.2, 0) is 16.1 Å². The summed E-state index contributed by atoms with van der Waals surface area (Å²) < 4.78 is 5.04. The summed E-state index contributed by atoms with van der Waals surface area (Å²) in [5.74, 6) is -0.460. The number of oxime groups is 1. The Morgan fingerprint density at radius 2 is 1.97 bits per heavy atom. The van der Waals surface area contributed by atoms with E-state index >= 15 is 0 Å². The van der Waals surface area contributed by atoms with Crippen molar-refractivity contribution < 1.29 is 19.5 Å². The number of carbonyl (C=O) groups excluding carboxylic acids is 2. The van der Waals surface area contributed by atoms with Gasteiger partial charge in [-0.15, -0.1) is 0 Å². The molecule has 2 unspecified atom stereocenters. The SMILES string of the molecule is COC(=O)[C@H](CCCC1CCCN(/C(N)=N/O)C1)C(C)NC(=O)c1ccc(-c2cccc(CN)c2)cc1. The number of hydrogen-bond acceptors (Lipinski definition) is 6. The number of hydrogen-bond donors (Lipinski definition) is 4. The van der Waals surface area contributed by atoms with Gasteiger partial charge < -0.3 is 31.6 Å². The van der Waals surface area contributed by atoms with Crippen molar-refractivity contribution in [3.8, 4) is 11.1 Å². The number of guanidine groups is 1. The summed E-state index contributed by atoms with van der Waals surface area (Å²) in [4.78, 5) is 27.4. The lowest BCUT2D eigenvalue weighted by atomic mass is 9.88. The quantitative estimate of drug-likeness (QED) is 0.126. The van der Waals surface area contributed by atoms with Gasteiger partial charge >= 0.3 is 5.97 Å². The van der Waals surface area contributed by atoms with Crippen molar-refractivity contribution in [3.63, 3.8) is 0 Å². The van der Waals surface area contributed by atoms with Crippen molar-refractivity contribution in [2.75, 3.05) is 20.2 Å². The van der Waals surface area contributed by atoms with E-state index < -0.39 is 5.92 Å². The van der Waals surface area contributed by atoms with E-state index in [0.29, 0.717) is 24.4 Å². The summed E-state index contributed by atoms with van der Waals surface area (Å²) >= 11 is 0. The van der Waals surface area contributed by atoms with Gasteiger partial charge in [-0.2, -0.15) is 0 Å². The molecule has 6 N–H and O–H groups in total. The Balaban J connectivity index is 1.56. The first kappa shape index (κ1) is 28.0. The molecule has 0 radical (unpaired) electrons. The van der Waals surface area contributed by atoms with Crippen LogP contribution in [0.4, 0.5) is 0 Å². The van der Waals surface area contributed by atoms with E-state index in [-0.39, 0.29) is 23.9 Å². The van der Waals surface area contributed by atoms with Crippen LogP contribution >= 0.6 is 0 Å². The standard InChI is InChI=1S/C28H39N5O4/c1-19(25(27(35)37-2)10-4-6-20-8-5-15-33(18-20)28(30)32-36)31-26(34)23-13-11-22(12-14-23)24-9-3-7-21(16-24)17-29/h3,7,9,11-14,16,19-20,25,36H,4-6,8,10,15,17-18,29H2,1-2H3,(H2,30,32)(H,31,34)/t19?,20?,25-/m1/s1. The normalized spacial score (nSPS) is 17.6. The van der Waals surface area contributed by atoms with Crippen molar-refractivity contribution in [2.45, 2.75) is 51.6 Å². The Kier molecular flexibility index (Phi) is 10.3. The van der Waals surface area contributed by atoms with E-state index in [4.69, 9.17) is 21.4 Å². The van der Waals surface area contributed by atoms with E-state index in [2.05, 4.69) is 10.5 Å². The first-order chi connectivity index (χ1) is 17.9. The Labute approximate surface area is 218 Å². The molecule has 0 aromatic heterocycles. The fraction of sp³-hybridized carbons (Fsp3) is 0.464. The van der Waals surface area contributed by atoms with Gasteiger partial charge in [-0.05, 0) is 73.4 Å². The van der Waals surface area contributed by atoms with Crippen molar-refractivity contribution in [1.29, 1.82) is 0 Å². The molecule has 0 saturated carbocycles. The zero-order chi connectivity index (χ0) is 26.8. The molecule has 1 amide bonds. The van der Waals surface area contributed by atoms with Gasteiger partial charge in [0, 0.05) is 31.2 Å². The molecular weight excluding hydrogens is 470 g/mol. The van der Waals surface area contributed by atoms with Crippen LogP contribution in [0.5, 0.6) is 0 Å². The third-order valence-electron chi connectivity index (χ3n) is 7.18. The fourth-order valence-electron chi connectivity index (χ4n) is 5.00. The molecule has 1 heterocycles. The number of nitrogens with one attached hydrogen (secondary N) is 1. The number of benzene rings is 2. The fourth-order valence-corrected chi connectivity index (χ4v) is 5.00. The summed E-state index contributed by atoms with van der Waals surface area (Å²) in [7, 11) is 1.37. The Morgan fingerprint density at radius 3 is 2.65 bits per heavy atom. The van der Waals surface area contributed by atoms with E-state index in [1.165, 1.54) is 7.11 Å². The van der Waals surface area contributed by atoms with Gasteiger partial charge in [-0.25, -0.2) is 0 Å². The summed E-state index contributed by atoms with van der Waals surface area (Å²) in [6, 6.07) is 15.0. The number of ether oxygens (including phenoxy) is 1. The highest BCUT2D eigenvalue weighted by atomic mass is 16.5. The number of methoxy groups -OCH3 is 1. The molecule has 200 valence electrons. The van der Waals surface area contributed by atoms with E-state index in [1.807, 2.05) is 48.2 Å². The molecule has 3 rings (SSSR count). The van der Waals surface area contributed by atoms with Crippen molar-refractivity contribution >= 4 is 17.8 Å². The summed E-state index contributed by atoms with van der Waals surface area (Å²) in [6.45, 7) is 3.83. The van der Waals surface area contributed by atoms with Gasteiger partial charge in [0.1, 0.15) is 0 Å². The van der Waals surface area contributed by atoms with Crippen LogP contribution in [0.15, 0.2) is 53.7 Å². The van der Waals surface area contributed by atoms with Crippen LogP contribution < -0.4 is 16.8 Å². The second-order valence-electron chi connectivity index (χ2n) is 9.72. The number of carbonyl (C=O) groups is 2. The van der Waals surface area contributed by atoms with Gasteiger partial charge in [0.2, 0.25) is 5.96 Å². The topological polar surface area (TPSA) is 143 Å². The minimum Gasteiger partial charge on any atom is -0.469 e. The summed E-state index contributed by atoms with van der Waals surface area (Å²) in [5, 5.41) is 15.0. The zero-order valence-electron chi connectivity index (χ0n) is 21.7. The summed E-state index contributed by atoms with van der Waals surface area (Å²) in [6.07, 6.45) is 4.37. The number of esters is 1. The first-order valence-corrected chi connectivity index (χ1v) is 12.9. The molecule has 2 aromatic carbocycles. The zero-order valence-corrected chi connectivity index (χ0v) is 21.7. The van der Waals surface area contributed by atoms with Gasteiger partial charge in [0.25, 0.3) is 5.91 Å². The number of rotatable bonds is 10. The molecule has 2 aromatic rings. The maximum absolute atomic E-state index is 12.9. The Morgan fingerprint density at radius 1 is 1.22 bits per heavy atom. The van der Waals surface area contributed by atoms with Crippen molar-refractivity contribution in [3.05, 3.63) is 59.7 Å². The van der Waals surface area contributed by atoms with Gasteiger partial charge in [-0.3, -0.25) is 9.59 Å². The molecule has 3 atom stereocenters. The maximum Gasteiger partial charge on any atom is 0.310 e. The van der Waals surface area contributed by atoms with Gasteiger partial charge in [0.05, 0.1) is 13.0 Å². The van der Waals surface area contributed by atoms with Crippen LogP contribution in [0.2, 0.25) is 0 Å². The minimum atomic E-state index is -0.448. The van der Waals surface area contributed by atoms with E-state index in [1.54, 1.807) is 12.1 Å². The molecule has 0 spiro atoms. The molecule has 0 bridgehead atoms. The highest BCUT2D eigenvalue weighted by Crippen LogP contribution is 2.25. The number of piperidine rings is 1. The molecule has 1 fully saturated rings. The highest BCUT2D eigenvalue weighted by molar-refractivity contribution is 5.95. The second-order valence-corrected chi connectivity index (χ2v) is 9.72. The van der Waals surface area contributed by atoms with Crippen LogP contribution in [0.1, 0.15) is 54.9 Å². The first-order valence-electron chi connectivity index (χ1n) is 12.9. The number of likely N-dealkylation sites (tertiary alicyclic amines) is 1. The van der Waals surface area contributed by atoms with Crippen LogP contribution in [0.3, 0.4) is 0 Å². The summed E-state index contributed by atoms with van der Waals surface area (Å²) in [5.41, 5.74) is 15.1. The maximum atomic E-state index is 12.9. The van der Waals surface area contributed by atoms with Crippen molar-refractivity contribution in [1.82, 2.24) is 10.2 Å². The number of nitrogens with zero attached hydrogens (tertiary/aromatic N) is 2. The minimum absolute atomic E-state index is 0.144. The third-order valence-corrected chi connectivity index (χ3v) is 7.18. The second kappa shape index (κ2) is 13.6.